The van der Waals surface area contributed by atoms with E-state index >= 15 is 0 Å². The molecule has 0 amide bonds. The minimum Gasteiger partial charge on any atom is -0.466 e. The van der Waals surface area contributed by atoms with Crippen molar-refractivity contribution in [1.82, 2.24) is 0 Å². The summed E-state index contributed by atoms with van der Waals surface area (Å²) in [6.07, 6.45) is 2.76. The lowest BCUT2D eigenvalue weighted by Gasteiger charge is -1.98. The van der Waals surface area contributed by atoms with Crippen molar-refractivity contribution in [2.45, 2.75) is 33.1 Å². The molecule has 70 valence electrons. The van der Waals surface area contributed by atoms with E-state index in [1.54, 1.807) is 6.92 Å². The summed E-state index contributed by atoms with van der Waals surface area (Å²) < 4.78 is 17.3. The maximum Gasteiger partial charge on any atom is 0.312 e. The van der Waals surface area contributed by atoms with E-state index in [-0.39, 0.29) is 6.42 Å². The number of carbonyl (C=O) groups excluding carboxylic acids is 1. The van der Waals surface area contributed by atoms with E-state index in [2.05, 4.69) is 4.74 Å². The van der Waals surface area contributed by atoms with Crippen molar-refractivity contribution in [3.8, 4) is 0 Å². The van der Waals surface area contributed by atoms with Crippen LogP contribution in [0.25, 0.3) is 0 Å². The average molecular weight is 174 g/mol. The molecule has 0 aromatic heterocycles. The van der Waals surface area contributed by atoms with Gasteiger partial charge in [0.15, 0.2) is 0 Å². The maximum absolute atomic E-state index is 12.7. The van der Waals surface area contributed by atoms with Crippen LogP contribution in [0.3, 0.4) is 0 Å². The number of halogens is 1. The molecule has 0 saturated carbocycles. The summed E-state index contributed by atoms with van der Waals surface area (Å²) in [6.45, 7) is 3.96. The molecule has 0 aromatic rings. The summed E-state index contributed by atoms with van der Waals surface area (Å²) in [6, 6.07) is 0. The summed E-state index contributed by atoms with van der Waals surface area (Å²) in [5.74, 6) is -0.891. The highest BCUT2D eigenvalue weighted by Gasteiger charge is 2.04. The molecular formula is C9H15FO2. The lowest BCUT2D eigenvalue weighted by Crippen LogP contribution is -2.03. The second-order valence-corrected chi connectivity index (χ2v) is 2.42. The van der Waals surface area contributed by atoms with Crippen molar-refractivity contribution < 1.29 is 13.9 Å². The van der Waals surface area contributed by atoms with Gasteiger partial charge in [0.2, 0.25) is 0 Å². The fourth-order valence-corrected chi connectivity index (χ4v) is 0.723. The lowest BCUT2D eigenvalue weighted by atomic mass is 10.2. The number of ether oxygens (including phenoxy) is 1. The Kier molecular flexibility index (Phi) is 6.34. The first-order valence-electron chi connectivity index (χ1n) is 4.20. The molecule has 0 N–H and O–H groups in total. The van der Waals surface area contributed by atoms with E-state index in [0.29, 0.717) is 13.0 Å². The van der Waals surface area contributed by atoms with Gasteiger partial charge in [-0.25, -0.2) is 4.39 Å². The van der Waals surface area contributed by atoms with Gasteiger partial charge < -0.3 is 4.74 Å². The summed E-state index contributed by atoms with van der Waals surface area (Å²) in [7, 11) is 0. The smallest absolute Gasteiger partial charge is 0.312 e. The Hall–Kier alpha value is -0.860. The molecule has 0 spiro atoms. The standard InChI is InChI=1S/C9H15FO2/c1-3-5-6-8(10)7-9(11)12-4-2/h6H,3-5,7H2,1-2H3/b8-6-. The van der Waals surface area contributed by atoms with Crippen molar-refractivity contribution in [3.05, 3.63) is 11.9 Å². The largest absolute Gasteiger partial charge is 0.466 e. The molecule has 0 fully saturated rings. The van der Waals surface area contributed by atoms with Crippen LogP contribution in [0.15, 0.2) is 11.9 Å². The normalized spacial score (nSPS) is 11.4. The quantitative estimate of drug-likeness (QED) is 0.599. The number of hydrogen-bond acceptors (Lipinski definition) is 2. The minimum atomic E-state index is -0.498. The molecule has 0 aromatic carbocycles. The monoisotopic (exact) mass is 174 g/mol. The summed E-state index contributed by atoms with van der Waals surface area (Å²) >= 11 is 0. The molecule has 0 aliphatic heterocycles. The third-order valence-corrected chi connectivity index (χ3v) is 1.27. The van der Waals surface area contributed by atoms with Crippen molar-refractivity contribution in [2.24, 2.45) is 0 Å². The van der Waals surface area contributed by atoms with Gasteiger partial charge in [0.1, 0.15) is 5.83 Å². The predicted octanol–water partition coefficient (Wildman–Crippen LogP) is 2.59. The Bertz CT molecular complexity index is 164. The van der Waals surface area contributed by atoms with Gasteiger partial charge in [-0.3, -0.25) is 4.79 Å². The molecule has 0 aliphatic carbocycles. The Labute approximate surface area is 72.4 Å². The van der Waals surface area contributed by atoms with Gasteiger partial charge in [0, 0.05) is 0 Å². The van der Waals surface area contributed by atoms with Crippen LogP contribution in [-0.2, 0) is 9.53 Å². The van der Waals surface area contributed by atoms with Crippen molar-refractivity contribution in [3.63, 3.8) is 0 Å². The third kappa shape index (κ3) is 5.89. The van der Waals surface area contributed by atoms with Gasteiger partial charge in [0.05, 0.1) is 13.0 Å². The number of allylic oxidation sites excluding steroid dienone is 1. The molecule has 0 aliphatic rings. The van der Waals surface area contributed by atoms with Gasteiger partial charge >= 0.3 is 5.97 Å². The second-order valence-electron chi connectivity index (χ2n) is 2.42. The van der Waals surface area contributed by atoms with Crippen molar-refractivity contribution >= 4 is 5.97 Å². The van der Waals surface area contributed by atoms with E-state index in [9.17, 15) is 9.18 Å². The zero-order valence-corrected chi connectivity index (χ0v) is 7.60. The van der Waals surface area contributed by atoms with Crippen LogP contribution >= 0.6 is 0 Å². The molecule has 0 heterocycles. The molecule has 12 heavy (non-hydrogen) atoms. The van der Waals surface area contributed by atoms with Crippen LogP contribution in [0, 0.1) is 0 Å². The fourth-order valence-electron chi connectivity index (χ4n) is 0.723. The average Bonchev–Trinajstić information content (AvgIpc) is 2.01. The van der Waals surface area contributed by atoms with E-state index < -0.39 is 11.8 Å². The van der Waals surface area contributed by atoms with Crippen LogP contribution in [0.1, 0.15) is 33.1 Å². The molecule has 3 heteroatoms. The molecule has 0 radical (unpaired) electrons. The van der Waals surface area contributed by atoms with Gasteiger partial charge in [-0.2, -0.15) is 0 Å². The first kappa shape index (κ1) is 11.1. The Balaban J connectivity index is 3.67. The Morgan fingerprint density at radius 2 is 2.17 bits per heavy atom. The Morgan fingerprint density at radius 3 is 2.67 bits per heavy atom. The molecule has 0 rings (SSSR count). The van der Waals surface area contributed by atoms with E-state index in [0.717, 1.165) is 6.42 Å². The van der Waals surface area contributed by atoms with Crippen LogP contribution < -0.4 is 0 Å². The number of esters is 1. The third-order valence-electron chi connectivity index (χ3n) is 1.27. The molecule has 0 unspecified atom stereocenters. The highest BCUT2D eigenvalue weighted by Crippen LogP contribution is 2.06. The number of rotatable bonds is 5. The van der Waals surface area contributed by atoms with Crippen LogP contribution in [0.4, 0.5) is 4.39 Å². The molecule has 0 atom stereocenters. The summed E-state index contributed by atoms with van der Waals surface area (Å²) in [5, 5.41) is 0. The van der Waals surface area contributed by atoms with Crippen molar-refractivity contribution in [2.75, 3.05) is 6.61 Å². The maximum atomic E-state index is 12.7. The van der Waals surface area contributed by atoms with Crippen LogP contribution in [0.2, 0.25) is 0 Å². The summed E-state index contributed by atoms with van der Waals surface area (Å²) in [4.78, 5) is 10.7. The predicted molar refractivity (Wildman–Crippen MR) is 45.3 cm³/mol. The lowest BCUT2D eigenvalue weighted by molar-refractivity contribution is -0.142. The number of unbranched alkanes of at least 4 members (excludes halogenated alkanes) is 1. The SMILES string of the molecule is CCC/C=C(\F)CC(=O)OCC. The van der Waals surface area contributed by atoms with E-state index in [4.69, 9.17) is 0 Å². The Morgan fingerprint density at radius 1 is 1.50 bits per heavy atom. The minimum absolute atomic E-state index is 0.228. The van der Waals surface area contributed by atoms with Crippen LogP contribution in [0.5, 0.6) is 0 Å². The summed E-state index contributed by atoms with van der Waals surface area (Å²) in [5.41, 5.74) is 0. The second kappa shape index (κ2) is 6.83. The number of hydrogen-bond donors (Lipinski definition) is 0. The highest BCUT2D eigenvalue weighted by molar-refractivity contribution is 5.71. The van der Waals surface area contributed by atoms with Crippen molar-refractivity contribution in [1.29, 1.82) is 0 Å². The first-order valence-corrected chi connectivity index (χ1v) is 4.20. The van der Waals surface area contributed by atoms with E-state index in [1.807, 2.05) is 6.92 Å². The highest BCUT2D eigenvalue weighted by atomic mass is 19.1. The van der Waals surface area contributed by atoms with Gasteiger partial charge in [-0.15, -0.1) is 0 Å². The fraction of sp³-hybridized carbons (Fsp3) is 0.667. The molecular weight excluding hydrogens is 159 g/mol. The van der Waals surface area contributed by atoms with Crippen LogP contribution in [-0.4, -0.2) is 12.6 Å². The number of carbonyl (C=O) groups is 1. The zero-order valence-electron chi connectivity index (χ0n) is 7.60. The topological polar surface area (TPSA) is 26.3 Å². The zero-order chi connectivity index (χ0) is 9.40. The molecule has 2 nitrogen and oxygen atoms in total. The molecule has 0 bridgehead atoms. The van der Waals surface area contributed by atoms with E-state index in [1.165, 1.54) is 6.08 Å². The molecule has 0 saturated heterocycles. The first-order chi connectivity index (χ1) is 5.70. The van der Waals surface area contributed by atoms with Gasteiger partial charge in [0.25, 0.3) is 0 Å². The van der Waals surface area contributed by atoms with Gasteiger partial charge in [-0.05, 0) is 13.3 Å². The van der Waals surface area contributed by atoms with Gasteiger partial charge in [-0.1, -0.05) is 19.4 Å².